The Bertz CT molecular complexity index is 1100. The highest BCUT2D eigenvalue weighted by Gasteiger charge is 2.22. The lowest BCUT2D eigenvalue weighted by molar-refractivity contribution is 0.0786. The van der Waals surface area contributed by atoms with Crippen LogP contribution in [0.2, 0.25) is 0 Å². The SMILES string of the molecule is CN(C)CCN(C)C(=O)c1ccc(N(Cc2cccnc2)C(=O)c2ccc(O)cc2O)cc1. The van der Waals surface area contributed by atoms with Gasteiger partial charge in [0.05, 0.1) is 12.1 Å². The molecule has 1 aromatic heterocycles. The minimum Gasteiger partial charge on any atom is -0.508 e. The van der Waals surface area contributed by atoms with E-state index < -0.39 is 5.91 Å². The van der Waals surface area contributed by atoms with Crippen molar-refractivity contribution >= 4 is 17.5 Å². The predicted molar refractivity (Wildman–Crippen MR) is 126 cm³/mol. The van der Waals surface area contributed by atoms with Gasteiger partial charge in [-0.3, -0.25) is 14.6 Å². The Kier molecular flexibility index (Phi) is 7.63. The fourth-order valence-electron chi connectivity index (χ4n) is 3.26. The number of aromatic nitrogens is 1. The molecule has 0 radical (unpaired) electrons. The number of rotatable bonds is 8. The maximum Gasteiger partial charge on any atom is 0.262 e. The lowest BCUT2D eigenvalue weighted by Crippen LogP contribution is -2.33. The van der Waals surface area contributed by atoms with E-state index in [4.69, 9.17) is 0 Å². The van der Waals surface area contributed by atoms with Crippen molar-refractivity contribution in [2.75, 3.05) is 39.1 Å². The van der Waals surface area contributed by atoms with Gasteiger partial charge in [-0.15, -0.1) is 0 Å². The van der Waals surface area contributed by atoms with Crippen molar-refractivity contribution in [2.24, 2.45) is 0 Å². The number of pyridine rings is 1. The molecule has 172 valence electrons. The number of hydrogen-bond acceptors (Lipinski definition) is 6. The molecular formula is C25H28N4O4. The summed E-state index contributed by atoms with van der Waals surface area (Å²) in [5.41, 5.74) is 1.93. The van der Waals surface area contributed by atoms with Crippen LogP contribution in [0.15, 0.2) is 67.0 Å². The first-order valence-corrected chi connectivity index (χ1v) is 10.5. The molecule has 0 aliphatic carbocycles. The van der Waals surface area contributed by atoms with Crippen molar-refractivity contribution < 1.29 is 19.8 Å². The third-order valence-corrected chi connectivity index (χ3v) is 5.18. The second-order valence-corrected chi connectivity index (χ2v) is 8.03. The molecule has 0 aliphatic rings. The van der Waals surface area contributed by atoms with Gasteiger partial charge in [0.2, 0.25) is 0 Å². The maximum absolute atomic E-state index is 13.3. The number of hydrogen-bond donors (Lipinski definition) is 2. The molecule has 0 atom stereocenters. The molecule has 1 heterocycles. The first-order chi connectivity index (χ1) is 15.8. The minimum absolute atomic E-state index is 0.0558. The Balaban J connectivity index is 1.89. The van der Waals surface area contributed by atoms with E-state index in [1.807, 2.05) is 25.1 Å². The number of aromatic hydroxyl groups is 2. The van der Waals surface area contributed by atoms with Crippen molar-refractivity contribution in [1.29, 1.82) is 0 Å². The Morgan fingerprint density at radius 1 is 0.909 bits per heavy atom. The lowest BCUT2D eigenvalue weighted by atomic mass is 10.1. The lowest BCUT2D eigenvalue weighted by Gasteiger charge is -2.24. The topological polar surface area (TPSA) is 97.2 Å². The van der Waals surface area contributed by atoms with E-state index in [2.05, 4.69) is 4.98 Å². The van der Waals surface area contributed by atoms with Crippen LogP contribution < -0.4 is 4.90 Å². The van der Waals surface area contributed by atoms with Crippen molar-refractivity contribution in [3.8, 4) is 11.5 Å². The second kappa shape index (κ2) is 10.6. The average molecular weight is 449 g/mol. The number of nitrogens with zero attached hydrogens (tertiary/aromatic N) is 4. The average Bonchev–Trinajstić information content (AvgIpc) is 2.81. The third-order valence-electron chi connectivity index (χ3n) is 5.18. The number of anilines is 1. The van der Waals surface area contributed by atoms with Crippen LogP contribution in [0.5, 0.6) is 11.5 Å². The normalized spacial score (nSPS) is 10.8. The Morgan fingerprint density at radius 2 is 1.64 bits per heavy atom. The highest BCUT2D eigenvalue weighted by molar-refractivity contribution is 6.08. The van der Waals surface area contributed by atoms with E-state index in [-0.39, 0.29) is 29.5 Å². The van der Waals surface area contributed by atoms with Crippen molar-refractivity contribution in [1.82, 2.24) is 14.8 Å². The van der Waals surface area contributed by atoms with Crippen molar-refractivity contribution in [3.05, 3.63) is 83.7 Å². The van der Waals surface area contributed by atoms with Gasteiger partial charge < -0.3 is 24.9 Å². The van der Waals surface area contributed by atoms with Crippen LogP contribution in [0.1, 0.15) is 26.3 Å². The molecule has 2 N–H and O–H groups in total. The van der Waals surface area contributed by atoms with E-state index >= 15 is 0 Å². The van der Waals surface area contributed by atoms with Gasteiger partial charge in [0.15, 0.2) is 0 Å². The highest BCUT2D eigenvalue weighted by Crippen LogP contribution is 2.27. The molecule has 0 saturated heterocycles. The smallest absolute Gasteiger partial charge is 0.262 e. The van der Waals surface area contributed by atoms with E-state index in [9.17, 15) is 19.8 Å². The molecule has 3 aromatic rings. The van der Waals surface area contributed by atoms with Crippen LogP contribution in [-0.2, 0) is 6.54 Å². The monoisotopic (exact) mass is 448 g/mol. The summed E-state index contributed by atoms with van der Waals surface area (Å²) in [5, 5.41) is 19.8. The van der Waals surface area contributed by atoms with Crippen LogP contribution in [0, 0.1) is 0 Å². The summed E-state index contributed by atoms with van der Waals surface area (Å²) in [7, 11) is 5.66. The number of amides is 2. The quantitative estimate of drug-likeness (QED) is 0.550. The van der Waals surface area contributed by atoms with E-state index in [0.717, 1.165) is 18.2 Å². The summed E-state index contributed by atoms with van der Waals surface area (Å²) in [6.45, 7) is 1.56. The molecule has 0 unspecified atom stereocenters. The van der Waals surface area contributed by atoms with Crippen LogP contribution >= 0.6 is 0 Å². The summed E-state index contributed by atoms with van der Waals surface area (Å²) < 4.78 is 0. The molecule has 2 aromatic carbocycles. The number of phenols is 2. The first-order valence-electron chi connectivity index (χ1n) is 10.5. The molecule has 0 spiro atoms. The maximum atomic E-state index is 13.3. The standard InChI is InChI=1S/C25H28N4O4/c1-27(2)13-14-28(3)24(32)19-6-8-20(9-7-19)29(17-18-5-4-12-26-16-18)25(33)22-11-10-21(30)15-23(22)31/h4-12,15-16,30-31H,13-14,17H2,1-3H3. The molecule has 8 nitrogen and oxygen atoms in total. The summed E-state index contributed by atoms with van der Waals surface area (Å²) in [6, 6.07) is 14.3. The van der Waals surface area contributed by atoms with E-state index in [1.165, 1.54) is 17.0 Å². The van der Waals surface area contributed by atoms with Gasteiger partial charge in [-0.2, -0.15) is 0 Å². The van der Waals surface area contributed by atoms with E-state index in [1.54, 1.807) is 54.7 Å². The van der Waals surface area contributed by atoms with Gasteiger partial charge >= 0.3 is 0 Å². The molecule has 2 amide bonds. The number of likely N-dealkylation sites (N-methyl/N-ethyl adjacent to an activating group) is 2. The number of carbonyl (C=O) groups is 2. The zero-order valence-electron chi connectivity index (χ0n) is 19.0. The minimum atomic E-state index is -0.446. The Labute approximate surface area is 193 Å². The van der Waals surface area contributed by atoms with Crippen molar-refractivity contribution in [2.45, 2.75) is 6.54 Å². The van der Waals surface area contributed by atoms with Gasteiger partial charge in [0, 0.05) is 49.8 Å². The largest absolute Gasteiger partial charge is 0.508 e. The fourth-order valence-corrected chi connectivity index (χ4v) is 3.26. The number of carbonyl (C=O) groups excluding carboxylic acids is 2. The summed E-state index contributed by atoms with van der Waals surface area (Å²) in [5.74, 6) is -1.00. The van der Waals surface area contributed by atoms with Crippen LogP contribution in [0.25, 0.3) is 0 Å². The van der Waals surface area contributed by atoms with Crippen LogP contribution in [0.4, 0.5) is 5.69 Å². The third kappa shape index (κ3) is 6.08. The van der Waals surface area contributed by atoms with Crippen LogP contribution in [0.3, 0.4) is 0 Å². The van der Waals surface area contributed by atoms with Gasteiger partial charge in [0.1, 0.15) is 11.5 Å². The molecule has 3 rings (SSSR count). The number of phenolic OH excluding ortho intramolecular Hbond substituents is 2. The summed E-state index contributed by atoms with van der Waals surface area (Å²) in [4.78, 5) is 35.3. The Morgan fingerprint density at radius 3 is 2.24 bits per heavy atom. The summed E-state index contributed by atoms with van der Waals surface area (Å²) >= 11 is 0. The predicted octanol–water partition coefficient (Wildman–Crippen LogP) is 2.97. The van der Waals surface area contributed by atoms with E-state index in [0.29, 0.717) is 17.8 Å². The van der Waals surface area contributed by atoms with Crippen molar-refractivity contribution in [3.63, 3.8) is 0 Å². The highest BCUT2D eigenvalue weighted by atomic mass is 16.3. The summed E-state index contributed by atoms with van der Waals surface area (Å²) in [6.07, 6.45) is 3.31. The fraction of sp³-hybridized carbons (Fsp3) is 0.240. The molecule has 0 aliphatic heterocycles. The van der Waals surface area contributed by atoms with Crippen LogP contribution in [-0.4, -0.2) is 71.0 Å². The Hall–Kier alpha value is -3.91. The molecule has 33 heavy (non-hydrogen) atoms. The van der Waals surface area contributed by atoms with Gasteiger partial charge in [-0.05, 0) is 62.1 Å². The zero-order valence-corrected chi connectivity index (χ0v) is 19.0. The first kappa shape index (κ1) is 23.7. The van der Waals surface area contributed by atoms with Gasteiger partial charge in [-0.25, -0.2) is 0 Å². The zero-order chi connectivity index (χ0) is 24.0. The molecule has 0 bridgehead atoms. The second-order valence-electron chi connectivity index (χ2n) is 8.03. The van der Waals surface area contributed by atoms with Gasteiger partial charge in [-0.1, -0.05) is 6.07 Å². The molecule has 0 fully saturated rings. The number of benzene rings is 2. The molecular weight excluding hydrogens is 420 g/mol. The molecule has 0 saturated carbocycles. The molecule has 8 heteroatoms. The van der Waals surface area contributed by atoms with Gasteiger partial charge in [0.25, 0.3) is 11.8 Å².